The van der Waals surface area contributed by atoms with E-state index in [-0.39, 0.29) is 12.4 Å². The minimum absolute atomic E-state index is 0.0961. The van der Waals surface area contributed by atoms with E-state index in [0.717, 1.165) is 11.1 Å². The number of esters is 1. The van der Waals surface area contributed by atoms with Crippen LogP contribution in [-0.4, -0.2) is 24.7 Å². The summed E-state index contributed by atoms with van der Waals surface area (Å²) in [7, 11) is 1.57. The van der Waals surface area contributed by atoms with Crippen LogP contribution in [0.3, 0.4) is 0 Å². The molecule has 0 N–H and O–H groups in total. The predicted molar refractivity (Wildman–Crippen MR) is 63.7 cm³/mol. The van der Waals surface area contributed by atoms with E-state index in [0.29, 0.717) is 12.5 Å². The standard InChI is InChI=1S/C13H15NO3/c1-4-17-12(15)7-5-6-11-8-10(2)13(16-3)14-9-11/h8-9H,4,7H2,1-3H3. The van der Waals surface area contributed by atoms with Crippen LogP contribution in [0.2, 0.25) is 0 Å². The lowest BCUT2D eigenvalue weighted by atomic mass is 10.2. The van der Waals surface area contributed by atoms with Crippen LogP contribution >= 0.6 is 0 Å². The SMILES string of the molecule is CCOC(=O)CC#Cc1cnc(OC)c(C)c1. The molecular formula is C13H15NO3. The van der Waals surface area contributed by atoms with Gasteiger partial charge in [-0.15, -0.1) is 0 Å². The van der Waals surface area contributed by atoms with Crippen LogP contribution in [0.1, 0.15) is 24.5 Å². The van der Waals surface area contributed by atoms with Crippen molar-refractivity contribution in [3.63, 3.8) is 0 Å². The molecule has 1 aromatic rings. The normalized spacial score (nSPS) is 9.12. The maximum absolute atomic E-state index is 11.0. The monoisotopic (exact) mass is 233 g/mol. The van der Waals surface area contributed by atoms with Gasteiger partial charge in [-0.2, -0.15) is 0 Å². The zero-order valence-electron chi connectivity index (χ0n) is 10.2. The van der Waals surface area contributed by atoms with Gasteiger partial charge in [0.25, 0.3) is 0 Å². The molecule has 0 amide bonds. The van der Waals surface area contributed by atoms with E-state index in [1.807, 2.05) is 13.0 Å². The van der Waals surface area contributed by atoms with Gasteiger partial charge in [-0.25, -0.2) is 4.98 Å². The molecule has 1 heterocycles. The number of rotatable bonds is 3. The molecule has 0 aliphatic carbocycles. The number of carbonyl (C=O) groups excluding carboxylic acids is 1. The molecule has 0 unspecified atom stereocenters. The third kappa shape index (κ3) is 4.15. The Labute approximate surface area is 101 Å². The number of nitrogens with zero attached hydrogens (tertiary/aromatic N) is 1. The zero-order valence-corrected chi connectivity index (χ0v) is 10.2. The Balaban J connectivity index is 2.66. The molecule has 0 fully saturated rings. The molecule has 0 aliphatic rings. The lowest BCUT2D eigenvalue weighted by molar-refractivity contribution is -0.141. The van der Waals surface area contributed by atoms with Gasteiger partial charge in [0.2, 0.25) is 5.88 Å². The van der Waals surface area contributed by atoms with Crippen LogP contribution in [0.15, 0.2) is 12.3 Å². The first-order chi connectivity index (χ1) is 8.17. The van der Waals surface area contributed by atoms with Crippen LogP contribution in [0.4, 0.5) is 0 Å². The average molecular weight is 233 g/mol. The van der Waals surface area contributed by atoms with Crippen LogP contribution < -0.4 is 4.74 Å². The lowest BCUT2D eigenvalue weighted by Crippen LogP contribution is -2.01. The number of hydrogen-bond donors (Lipinski definition) is 0. The second kappa shape index (κ2) is 6.54. The summed E-state index contributed by atoms with van der Waals surface area (Å²) in [5, 5.41) is 0. The van der Waals surface area contributed by atoms with E-state index in [4.69, 9.17) is 9.47 Å². The van der Waals surface area contributed by atoms with Crippen molar-refractivity contribution in [2.45, 2.75) is 20.3 Å². The Hall–Kier alpha value is -2.02. The first kappa shape index (κ1) is 13.0. The van der Waals surface area contributed by atoms with E-state index in [1.165, 1.54) is 0 Å². The zero-order chi connectivity index (χ0) is 12.7. The van der Waals surface area contributed by atoms with E-state index in [9.17, 15) is 4.79 Å². The molecule has 0 spiro atoms. The second-order valence-corrected chi connectivity index (χ2v) is 3.33. The summed E-state index contributed by atoms with van der Waals surface area (Å²) >= 11 is 0. The molecule has 0 saturated carbocycles. The fourth-order valence-electron chi connectivity index (χ4n) is 1.27. The Morgan fingerprint density at radius 2 is 2.29 bits per heavy atom. The average Bonchev–Trinajstić information content (AvgIpc) is 2.29. The van der Waals surface area contributed by atoms with Gasteiger partial charge in [0.05, 0.1) is 13.7 Å². The number of methoxy groups -OCH3 is 1. The molecule has 0 bridgehead atoms. The summed E-state index contributed by atoms with van der Waals surface area (Å²) < 4.78 is 9.80. The Kier molecular flexibility index (Phi) is 5.02. The fraction of sp³-hybridized carbons (Fsp3) is 0.385. The molecule has 0 saturated heterocycles. The van der Waals surface area contributed by atoms with Gasteiger partial charge in [-0.1, -0.05) is 11.8 Å². The van der Waals surface area contributed by atoms with Crippen molar-refractivity contribution in [2.24, 2.45) is 0 Å². The van der Waals surface area contributed by atoms with Crippen LogP contribution in [0.25, 0.3) is 0 Å². The number of carbonyl (C=O) groups is 1. The third-order valence-electron chi connectivity index (χ3n) is 1.99. The maximum atomic E-state index is 11.0. The van der Waals surface area contributed by atoms with Crippen LogP contribution in [-0.2, 0) is 9.53 Å². The molecule has 0 atom stereocenters. The number of hydrogen-bond acceptors (Lipinski definition) is 4. The summed E-state index contributed by atoms with van der Waals surface area (Å²) in [6.07, 6.45) is 1.71. The van der Waals surface area contributed by atoms with Crippen molar-refractivity contribution >= 4 is 5.97 Å². The summed E-state index contributed by atoms with van der Waals surface area (Å²) in [4.78, 5) is 15.1. The quantitative estimate of drug-likeness (QED) is 0.589. The van der Waals surface area contributed by atoms with Crippen molar-refractivity contribution in [3.05, 3.63) is 23.4 Å². The summed E-state index contributed by atoms with van der Waals surface area (Å²) in [6.45, 7) is 4.04. The van der Waals surface area contributed by atoms with Crippen molar-refractivity contribution in [2.75, 3.05) is 13.7 Å². The Morgan fingerprint density at radius 3 is 2.88 bits per heavy atom. The smallest absolute Gasteiger partial charge is 0.317 e. The number of pyridine rings is 1. The van der Waals surface area contributed by atoms with E-state index >= 15 is 0 Å². The molecular weight excluding hydrogens is 218 g/mol. The van der Waals surface area contributed by atoms with Gasteiger partial charge in [0, 0.05) is 17.3 Å². The molecule has 4 nitrogen and oxygen atoms in total. The van der Waals surface area contributed by atoms with Crippen molar-refractivity contribution in [3.8, 4) is 17.7 Å². The highest BCUT2D eigenvalue weighted by atomic mass is 16.5. The summed E-state index contributed by atoms with van der Waals surface area (Å²) in [5.41, 5.74) is 1.67. The van der Waals surface area contributed by atoms with Gasteiger partial charge in [0.1, 0.15) is 6.42 Å². The highest BCUT2D eigenvalue weighted by Gasteiger charge is 2.00. The fourth-order valence-corrected chi connectivity index (χ4v) is 1.27. The van der Waals surface area contributed by atoms with E-state index < -0.39 is 0 Å². The lowest BCUT2D eigenvalue weighted by Gasteiger charge is -2.02. The topological polar surface area (TPSA) is 48.4 Å². The van der Waals surface area contributed by atoms with Gasteiger partial charge < -0.3 is 9.47 Å². The molecule has 17 heavy (non-hydrogen) atoms. The molecule has 1 rings (SSSR count). The highest BCUT2D eigenvalue weighted by molar-refractivity contribution is 5.72. The summed E-state index contributed by atoms with van der Waals surface area (Å²) in [5.74, 6) is 5.88. The molecule has 0 aliphatic heterocycles. The molecule has 1 aromatic heterocycles. The number of ether oxygens (including phenoxy) is 2. The predicted octanol–water partition coefficient (Wildman–Crippen LogP) is 1.70. The van der Waals surface area contributed by atoms with Gasteiger partial charge in [0.15, 0.2) is 0 Å². The van der Waals surface area contributed by atoms with Crippen LogP contribution in [0, 0.1) is 18.8 Å². The molecule has 90 valence electrons. The third-order valence-corrected chi connectivity index (χ3v) is 1.99. The molecule has 4 heteroatoms. The first-order valence-corrected chi connectivity index (χ1v) is 5.32. The van der Waals surface area contributed by atoms with Crippen LogP contribution in [0.5, 0.6) is 5.88 Å². The Bertz CT molecular complexity index is 457. The summed E-state index contributed by atoms with van der Waals surface area (Å²) in [6, 6.07) is 1.87. The van der Waals surface area contributed by atoms with Crippen molar-refractivity contribution in [1.29, 1.82) is 0 Å². The number of aromatic nitrogens is 1. The first-order valence-electron chi connectivity index (χ1n) is 5.32. The minimum Gasteiger partial charge on any atom is -0.481 e. The Morgan fingerprint density at radius 1 is 1.53 bits per heavy atom. The van der Waals surface area contributed by atoms with Crippen molar-refractivity contribution in [1.82, 2.24) is 4.98 Å². The largest absolute Gasteiger partial charge is 0.481 e. The van der Waals surface area contributed by atoms with Gasteiger partial charge >= 0.3 is 5.97 Å². The maximum Gasteiger partial charge on any atom is 0.317 e. The van der Waals surface area contributed by atoms with Crippen molar-refractivity contribution < 1.29 is 14.3 Å². The molecule has 0 aromatic carbocycles. The van der Waals surface area contributed by atoms with Gasteiger partial charge in [-0.05, 0) is 19.9 Å². The second-order valence-electron chi connectivity index (χ2n) is 3.33. The number of aryl methyl sites for hydroxylation is 1. The minimum atomic E-state index is -0.307. The highest BCUT2D eigenvalue weighted by Crippen LogP contribution is 2.13. The molecule has 0 radical (unpaired) electrons. The van der Waals surface area contributed by atoms with E-state index in [2.05, 4.69) is 16.8 Å². The van der Waals surface area contributed by atoms with Gasteiger partial charge in [-0.3, -0.25) is 4.79 Å². The van der Waals surface area contributed by atoms with E-state index in [1.54, 1.807) is 20.2 Å².